The Morgan fingerprint density at radius 3 is 2.84 bits per heavy atom. The molecule has 1 aromatic rings. The first-order valence-corrected chi connectivity index (χ1v) is 9.18. The average Bonchev–Trinajstić information content (AvgIpc) is 2.39. The summed E-state index contributed by atoms with van der Waals surface area (Å²) in [5.74, 6) is 0. The van der Waals surface area contributed by atoms with Gasteiger partial charge in [0.1, 0.15) is 0 Å². The van der Waals surface area contributed by atoms with Crippen molar-refractivity contribution in [3.05, 3.63) is 23.2 Å². The number of thioether (sulfide) groups is 1. The Kier molecular flexibility index (Phi) is 5.14. The van der Waals surface area contributed by atoms with Crippen molar-refractivity contribution in [3.8, 4) is 0 Å². The zero-order valence-electron chi connectivity index (χ0n) is 10.6. The molecule has 0 spiro atoms. The number of piperidine rings is 1. The largest absolute Gasteiger partial charge is 0.315 e. The molecule has 2 rings (SSSR count). The molecular formula is C12H17ClN2O2S2. The van der Waals surface area contributed by atoms with E-state index in [1.54, 1.807) is 12.1 Å². The molecule has 0 bridgehead atoms. The molecule has 1 aromatic carbocycles. The van der Waals surface area contributed by atoms with Gasteiger partial charge in [0.15, 0.2) is 0 Å². The molecular weight excluding hydrogens is 304 g/mol. The Balaban J connectivity index is 2.16. The summed E-state index contributed by atoms with van der Waals surface area (Å²) in [5.41, 5.74) is 0. The lowest BCUT2D eigenvalue weighted by molar-refractivity contribution is 0.428. The maximum absolute atomic E-state index is 12.2. The molecule has 106 valence electrons. The summed E-state index contributed by atoms with van der Waals surface area (Å²) in [6, 6.07) is 4.79. The van der Waals surface area contributed by atoms with E-state index >= 15 is 0 Å². The van der Waals surface area contributed by atoms with Gasteiger partial charge in [-0.05, 0) is 43.8 Å². The maximum Gasteiger partial charge on any atom is 0.240 e. The molecule has 0 saturated carbocycles. The standard InChI is InChI=1S/C12H17ClN2O2S2/c1-18-12-5-4-10(7-11(12)13)19(16,17)15-9-3-2-6-14-8-9/h4-5,7,9,14-15H,2-3,6,8H2,1H3. The molecule has 1 fully saturated rings. The molecule has 1 atom stereocenters. The molecule has 0 radical (unpaired) electrons. The third-order valence-electron chi connectivity index (χ3n) is 3.05. The van der Waals surface area contributed by atoms with Gasteiger partial charge in [-0.1, -0.05) is 11.6 Å². The van der Waals surface area contributed by atoms with E-state index in [2.05, 4.69) is 10.0 Å². The van der Waals surface area contributed by atoms with Crippen molar-refractivity contribution in [1.29, 1.82) is 0 Å². The maximum atomic E-state index is 12.2. The molecule has 1 saturated heterocycles. The molecule has 2 N–H and O–H groups in total. The van der Waals surface area contributed by atoms with Crippen LogP contribution in [-0.4, -0.2) is 33.8 Å². The van der Waals surface area contributed by atoms with Crippen molar-refractivity contribution in [2.24, 2.45) is 0 Å². The number of hydrogen-bond acceptors (Lipinski definition) is 4. The second-order valence-electron chi connectivity index (χ2n) is 4.46. The Bertz CT molecular complexity index is 543. The van der Waals surface area contributed by atoms with E-state index in [1.807, 2.05) is 6.26 Å². The van der Waals surface area contributed by atoms with Crippen LogP contribution in [0.2, 0.25) is 5.02 Å². The number of nitrogens with one attached hydrogen (secondary N) is 2. The second kappa shape index (κ2) is 6.45. The molecule has 1 aliphatic rings. The highest BCUT2D eigenvalue weighted by Crippen LogP contribution is 2.27. The lowest BCUT2D eigenvalue weighted by Crippen LogP contribution is -2.45. The van der Waals surface area contributed by atoms with E-state index in [4.69, 9.17) is 11.6 Å². The summed E-state index contributed by atoms with van der Waals surface area (Å²) in [6.45, 7) is 1.63. The van der Waals surface area contributed by atoms with E-state index < -0.39 is 10.0 Å². The quantitative estimate of drug-likeness (QED) is 0.834. The fourth-order valence-corrected chi connectivity index (χ4v) is 4.29. The number of benzene rings is 1. The summed E-state index contributed by atoms with van der Waals surface area (Å²) >= 11 is 7.55. The third-order valence-corrected chi connectivity index (χ3v) is 5.79. The number of halogens is 1. The van der Waals surface area contributed by atoms with Gasteiger partial charge in [0, 0.05) is 17.5 Å². The zero-order valence-corrected chi connectivity index (χ0v) is 13.0. The van der Waals surface area contributed by atoms with Gasteiger partial charge in [0.25, 0.3) is 0 Å². The van der Waals surface area contributed by atoms with Crippen LogP contribution in [0.4, 0.5) is 0 Å². The van der Waals surface area contributed by atoms with Crippen LogP contribution in [0.25, 0.3) is 0 Å². The van der Waals surface area contributed by atoms with Gasteiger partial charge in [-0.2, -0.15) is 0 Å². The smallest absolute Gasteiger partial charge is 0.240 e. The van der Waals surface area contributed by atoms with Gasteiger partial charge in [0.05, 0.1) is 9.92 Å². The summed E-state index contributed by atoms with van der Waals surface area (Å²) in [5, 5.41) is 3.65. The zero-order chi connectivity index (χ0) is 13.9. The van der Waals surface area contributed by atoms with Crippen LogP contribution in [0.1, 0.15) is 12.8 Å². The van der Waals surface area contributed by atoms with Crippen LogP contribution in [-0.2, 0) is 10.0 Å². The minimum Gasteiger partial charge on any atom is -0.315 e. The minimum absolute atomic E-state index is 0.0437. The summed E-state index contributed by atoms with van der Waals surface area (Å²) < 4.78 is 27.2. The molecule has 0 aliphatic carbocycles. The molecule has 1 heterocycles. The first kappa shape index (κ1) is 15.1. The van der Waals surface area contributed by atoms with E-state index in [1.165, 1.54) is 17.8 Å². The van der Waals surface area contributed by atoms with Crippen molar-refractivity contribution < 1.29 is 8.42 Å². The van der Waals surface area contributed by atoms with Gasteiger partial charge >= 0.3 is 0 Å². The average molecular weight is 321 g/mol. The normalized spacial score (nSPS) is 20.4. The summed E-state index contributed by atoms with van der Waals surface area (Å²) in [7, 11) is -3.49. The highest BCUT2D eigenvalue weighted by Gasteiger charge is 2.22. The Hall–Kier alpha value is -0.270. The van der Waals surface area contributed by atoms with Crippen molar-refractivity contribution in [3.63, 3.8) is 0 Å². The molecule has 0 aromatic heterocycles. The van der Waals surface area contributed by atoms with Crippen LogP contribution in [0.15, 0.2) is 28.0 Å². The monoisotopic (exact) mass is 320 g/mol. The van der Waals surface area contributed by atoms with E-state index in [-0.39, 0.29) is 10.9 Å². The topological polar surface area (TPSA) is 58.2 Å². The van der Waals surface area contributed by atoms with E-state index in [0.29, 0.717) is 11.6 Å². The highest BCUT2D eigenvalue weighted by atomic mass is 35.5. The first-order chi connectivity index (χ1) is 9.03. The predicted octanol–water partition coefficient (Wildman–Crippen LogP) is 2.09. The van der Waals surface area contributed by atoms with Crippen LogP contribution in [0.5, 0.6) is 0 Å². The van der Waals surface area contributed by atoms with Gasteiger partial charge in [-0.3, -0.25) is 0 Å². The van der Waals surface area contributed by atoms with Crippen LogP contribution >= 0.6 is 23.4 Å². The fourth-order valence-electron chi connectivity index (χ4n) is 2.05. The SMILES string of the molecule is CSc1ccc(S(=O)(=O)NC2CCCNC2)cc1Cl. The lowest BCUT2D eigenvalue weighted by Gasteiger charge is -2.23. The number of hydrogen-bond donors (Lipinski definition) is 2. The Morgan fingerprint density at radius 1 is 1.47 bits per heavy atom. The second-order valence-corrected chi connectivity index (χ2v) is 7.43. The Labute approximate surface area is 123 Å². The summed E-state index contributed by atoms with van der Waals surface area (Å²) in [4.78, 5) is 1.10. The van der Waals surface area contributed by atoms with Crippen LogP contribution in [0, 0.1) is 0 Å². The van der Waals surface area contributed by atoms with Crippen molar-refractivity contribution in [2.75, 3.05) is 19.3 Å². The van der Waals surface area contributed by atoms with Gasteiger partial charge in [0.2, 0.25) is 10.0 Å². The lowest BCUT2D eigenvalue weighted by atomic mass is 10.1. The molecule has 19 heavy (non-hydrogen) atoms. The van der Waals surface area contributed by atoms with Gasteiger partial charge < -0.3 is 5.32 Å². The molecule has 1 unspecified atom stereocenters. The minimum atomic E-state index is -3.49. The van der Waals surface area contributed by atoms with Crippen molar-refractivity contribution in [2.45, 2.75) is 28.7 Å². The van der Waals surface area contributed by atoms with Gasteiger partial charge in [-0.25, -0.2) is 13.1 Å². The van der Waals surface area contributed by atoms with Crippen molar-refractivity contribution in [1.82, 2.24) is 10.0 Å². The molecule has 0 amide bonds. The van der Waals surface area contributed by atoms with Crippen LogP contribution in [0.3, 0.4) is 0 Å². The number of sulfonamides is 1. The van der Waals surface area contributed by atoms with E-state index in [9.17, 15) is 8.42 Å². The Morgan fingerprint density at radius 2 is 2.26 bits per heavy atom. The molecule has 1 aliphatic heterocycles. The number of rotatable bonds is 4. The van der Waals surface area contributed by atoms with Gasteiger partial charge in [-0.15, -0.1) is 11.8 Å². The third kappa shape index (κ3) is 3.86. The molecule has 7 heteroatoms. The first-order valence-electron chi connectivity index (χ1n) is 6.09. The van der Waals surface area contributed by atoms with Crippen LogP contribution < -0.4 is 10.0 Å². The summed E-state index contributed by atoms with van der Waals surface area (Å²) in [6.07, 6.45) is 3.75. The van der Waals surface area contributed by atoms with Crippen molar-refractivity contribution >= 4 is 33.4 Å². The van der Waals surface area contributed by atoms with E-state index in [0.717, 1.165) is 24.3 Å². The highest BCUT2D eigenvalue weighted by molar-refractivity contribution is 7.98. The fraction of sp³-hybridized carbons (Fsp3) is 0.500. The molecule has 4 nitrogen and oxygen atoms in total. The predicted molar refractivity (Wildman–Crippen MR) is 79.4 cm³/mol.